The predicted molar refractivity (Wildman–Crippen MR) is 512 cm³/mol. The van der Waals surface area contributed by atoms with E-state index in [2.05, 4.69) is 30.6 Å². The van der Waals surface area contributed by atoms with Crippen molar-refractivity contribution in [1.82, 2.24) is 10.6 Å². The number of nitrogens with one attached hydrogen (secondary N) is 2. The van der Waals surface area contributed by atoms with Crippen LogP contribution in [0.5, 0.6) is 0 Å². The van der Waals surface area contributed by atoms with Crippen LogP contribution in [-0.2, 0) is 134 Å². The fourth-order valence-electron chi connectivity index (χ4n) is 17.7. The fraction of sp³-hybridized carbons (Fsp3) is 0.560. The van der Waals surface area contributed by atoms with E-state index < -0.39 is 190 Å². The highest BCUT2D eigenvalue weighted by atomic mass is 16.8. The van der Waals surface area contributed by atoms with Gasteiger partial charge in [0.05, 0.1) is 74.3 Å². The van der Waals surface area contributed by atoms with Crippen molar-refractivity contribution in [2.75, 3.05) is 26.4 Å². The second-order valence-corrected chi connectivity index (χ2v) is 36.0. The third kappa shape index (κ3) is 36.9. The summed E-state index contributed by atoms with van der Waals surface area (Å²) in [5, 5.41) is 6.03. The normalized spacial score (nSPS) is 22.6. The highest BCUT2D eigenvalue weighted by Crippen LogP contribution is 2.46. The van der Waals surface area contributed by atoms with Crippen LogP contribution in [0.3, 0.4) is 0 Å². The summed E-state index contributed by atoms with van der Waals surface area (Å²) in [6, 6.07) is 49.3. The maximum atomic E-state index is 15.9. The van der Waals surface area contributed by atoms with E-state index in [9.17, 15) is 33.6 Å². The lowest BCUT2D eigenvalue weighted by Crippen LogP contribution is -2.75. The molecular formula is C109H144N2O27. The molecule has 0 saturated carbocycles. The van der Waals surface area contributed by atoms with Gasteiger partial charge in [0.1, 0.15) is 55.9 Å². The lowest BCUT2D eigenvalue weighted by Gasteiger charge is -2.55. The van der Waals surface area contributed by atoms with Crippen molar-refractivity contribution in [3.63, 3.8) is 0 Å². The molecule has 138 heavy (non-hydrogen) atoms. The smallest absolute Gasteiger partial charge is 0.367 e. The SMILES string of the molecule is CCCCCCCCCCCCC/C=C/[C@@H](OCc1ccccc1)[C@H](CO[C@@H]1O[C@H](COCc2ccccc2)[C@@H](O[C@@H]2O[C@H](COC(=O)c3ccccc3)[C@@H]3OC(=O)[C@]4(C[C@H](OC(C)=O)[C@@H](NC(C)=O)[C@H]([C@H](OC(C)=O)[C@@H](COC(C)=O)OC(C)=O)O4)O[C@@H]3[C@H]2OC(=O)c2ccccc2)[C@H](OCc2ccccc2)[C@H]1OC(=O)c1ccccc1)NC(=O)CCCCCCCCCCCCCCCCC. The van der Waals surface area contributed by atoms with Gasteiger partial charge in [-0.05, 0) is 72.4 Å². The van der Waals surface area contributed by atoms with Crippen LogP contribution in [0.2, 0.25) is 0 Å². The number of benzene rings is 6. The Morgan fingerprint density at radius 1 is 0.442 bits per heavy atom. The molecule has 18 atom stereocenters. The van der Waals surface area contributed by atoms with Gasteiger partial charge in [0.25, 0.3) is 5.79 Å². The number of hydrogen-bond donors (Lipinski definition) is 2. The van der Waals surface area contributed by atoms with Crippen molar-refractivity contribution in [2.24, 2.45) is 0 Å². The largest absolute Gasteiger partial charge is 0.462 e. The zero-order valence-corrected chi connectivity index (χ0v) is 81.3. The van der Waals surface area contributed by atoms with Crippen molar-refractivity contribution in [3.05, 3.63) is 228 Å². The van der Waals surface area contributed by atoms with Crippen LogP contribution in [0.4, 0.5) is 0 Å². The molecule has 0 radical (unpaired) electrons. The summed E-state index contributed by atoms with van der Waals surface area (Å²) in [5.41, 5.74) is 2.38. The predicted octanol–water partition coefficient (Wildman–Crippen LogP) is 18.2. The molecule has 2 N–H and O–H groups in total. The van der Waals surface area contributed by atoms with E-state index in [1.807, 2.05) is 97.1 Å². The lowest BCUT2D eigenvalue weighted by molar-refractivity contribution is -0.405. The molecule has 4 heterocycles. The van der Waals surface area contributed by atoms with Gasteiger partial charge >= 0.3 is 47.8 Å². The Labute approximate surface area is 812 Å². The van der Waals surface area contributed by atoms with Crippen LogP contribution in [0, 0.1) is 0 Å². The summed E-state index contributed by atoms with van der Waals surface area (Å²) in [7, 11) is 0. The van der Waals surface area contributed by atoms with E-state index in [0.29, 0.717) is 12.0 Å². The Kier molecular flexibility index (Phi) is 47.9. The standard InChI is InChI=1S/C109H144N2O27/c1-8-10-12-14-16-18-20-22-23-25-27-29-31-33-53-67-93(117)111-87(88(124-70-82-56-42-35-43-57-82)66-52-32-30-28-26-24-21-19-17-15-13-11-9-2)72-127-106-101(133-104(119)85-62-48-38-49-63-85)99(125-71-83-58-44-36-45-59-83)96(90(131-106)73-122-69-81-54-40-34-41-55-81)135-107-102(134-105(120)86-64-50-39-51-65-86)100-97(92(132-107)75-126-103(118)84-60-46-37-47-61-84)136-108(121)109(138-100)68-89(128-78(5)114)94(110-76(3)112)98(137-109)95(130-80(7)116)91(129-79(6)115)74-123-77(4)113/h34-52,54-66,87-92,94-102,106-107H,8-33,53,67-75H2,1-7H3,(H,110,112)(H,111,117)/b66-52+/t87-,88+,89-,90+,91+,92+,94+,95+,96+,97-,98+,99-,100-,101+,102+,106+,107-,109-/m0/s1. The molecule has 0 aromatic heterocycles. The summed E-state index contributed by atoms with van der Waals surface area (Å²) < 4.78 is 114. The average molecular weight is 1910 g/mol. The van der Waals surface area contributed by atoms with Crippen molar-refractivity contribution in [1.29, 1.82) is 0 Å². The summed E-state index contributed by atoms with van der Waals surface area (Å²) in [6.45, 7) is 7.21. The van der Waals surface area contributed by atoms with Gasteiger partial charge in [0, 0.05) is 41.0 Å². The van der Waals surface area contributed by atoms with Crippen LogP contribution < -0.4 is 10.6 Å². The van der Waals surface area contributed by atoms with E-state index in [0.717, 1.165) is 104 Å². The molecule has 2 amide bonds. The Balaban J connectivity index is 1.08. The highest BCUT2D eigenvalue weighted by molar-refractivity contribution is 5.91. The Hall–Kier alpha value is -10.6. The first kappa shape index (κ1) is 109. The first-order valence-corrected chi connectivity index (χ1v) is 49.8. The maximum absolute atomic E-state index is 15.9. The van der Waals surface area contributed by atoms with Gasteiger partial charge < -0.3 is 91.2 Å². The summed E-state index contributed by atoms with van der Waals surface area (Å²) in [5.74, 6) is -12.1. The third-order valence-electron chi connectivity index (χ3n) is 24.7. The highest BCUT2D eigenvalue weighted by Gasteiger charge is 2.67. The Morgan fingerprint density at radius 2 is 0.920 bits per heavy atom. The second kappa shape index (κ2) is 60.4. The van der Waals surface area contributed by atoms with Crippen LogP contribution >= 0.6 is 0 Å². The average Bonchev–Trinajstić information content (AvgIpc) is 0.721. The molecule has 4 aliphatic rings. The summed E-state index contributed by atoms with van der Waals surface area (Å²) in [6.07, 6.45) is 8.11. The molecule has 0 aliphatic carbocycles. The van der Waals surface area contributed by atoms with Crippen molar-refractivity contribution < 1.29 is 128 Å². The molecular weight excluding hydrogens is 1770 g/mol. The number of amides is 2. The topological polar surface area (TPSA) is 352 Å². The summed E-state index contributed by atoms with van der Waals surface area (Å²) in [4.78, 5) is 143. The lowest BCUT2D eigenvalue weighted by atomic mass is 9.86. The first-order chi connectivity index (χ1) is 67.1. The van der Waals surface area contributed by atoms with E-state index in [1.165, 1.54) is 133 Å². The maximum Gasteiger partial charge on any atom is 0.367 e. The Morgan fingerprint density at radius 3 is 1.43 bits per heavy atom. The number of allylic oxidation sites excluding steroid dienone is 1. The van der Waals surface area contributed by atoms with Crippen molar-refractivity contribution >= 4 is 59.6 Å². The summed E-state index contributed by atoms with van der Waals surface area (Å²) >= 11 is 0. The molecule has 0 unspecified atom stereocenters. The molecule has 6 aromatic rings. The number of carbonyl (C=O) groups excluding carboxylic acids is 10. The first-order valence-electron chi connectivity index (χ1n) is 49.8. The number of unbranched alkanes of at least 4 members (excludes halogenated alkanes) is 25. The zero-order chi connectivity index (χ0) is 98.1. The van der Waals surface area contributed by atoms with Gasteiger partial charge in [-0.1, -0.05) is 326 Å². The van der Waals surface area contributed by atoms with Gasteiger partial charge in [0.2, 0.25) is 11.8 Å². The number of fused-ring (bicyclic) bond motifs is 1. The third-order valence-corrected chi connectivity index (χ3v) is 24.7. The van der Waals surface area contributed by atoms with E-state index in [1.54, 1.807) is 66.7 Å². The molecule has 6 aromatic carbocycles. The number of esters is 8. The molecule has 29 heteroatoms. The van der Waals surface area contributed by atoms with E-state index in [-0.39, 0.29) is 55.4 Å². The van der Waals surface area contributed by atoms with Crippen LogP contribution in [0.1, 0.15) is 282 Å². The fourth-order valence-corrected chi connectivity index (χ4v) is 17.7. The molecule has 0 bridgehead atoms. The molecule has 1 spiro atoms. The van der Waals surface area contributed by atoms with Crippen LogP contribution in [0.25, 0.3) is 0 Å². The van der Waals surface area contributed by atoms with Crippen molar-refractivity contribution in [2.45, 2.75) is 364 Å². The molecule has 4 saturated heterocycles. The minimum Gasteiger partial charge on any atom is -0.462 e. The second-order valence-electron chi connectivity index (χ2n) is 36.0. The quantitative estimate of drug-likeness (QED) is 0.0155. The monoisotopic (exact) mass is 1910 g/mol. The van der Waals surface area contributed by atoms with E-state index in [4.69, 9.17) is 80.5 Å². The minimum atomic E-state index is -2.96. The Bertz CT molecular complexity index is 4630. The molecule has 4 fully saturated rings. The van der Waals surface area contributed by atoms with Crippen LogP contribution in [-0.4, -0.2) is 196 Å². The van der Waals surface area contributed by atoms with Crippen molar-refractivity contribution in [3.8, 4) is 0 Å². The molecule has 29 nitrogen and oxygen atoms in total. The molecule has 752 valence electrons. The van der Waals surface area contributed by atoms with Gasteiger partial charge in [-0.15, -0.1) is 0 Å². The van der Waals surface area contributed by atoms with Gasteiger partial charge in [-0.2, -0.15) is 0 Å². The molecule has 4 aliphatic heterocycles. The van der Waals surface area contributed by atoms with E-state index >= 15 is 14.4 Å². The number of carbonyl (C=O) groups is 10. The van der Waals surface area contributed by atoms with Gasteiger partial charge in [-0.25, -0.2) is 19.2 Å². The number of hydrogen-bond acceptors (Lipinski definition) is 27. The van der Waals surface area contributed by atoms with Crippen LogP contribution in [0.15, 0.2) is 194 Å². The minimum absolute atomic E-state index is 0.0285. The van der Waals surface area contributed by atoms with Gasteiger partial charge in [-0.3, -0.25) is 28.8 Å². The van der Waals surface area contributed by atoms with Gasteiger partial charge in [0.15, 0.2) is 43.1 Å². The number of ether oxygens (including phenoxy) is 17. The molecule has 10 rings (SSSR count). The number of rotatable bonds is 61. The zero-order valence-electron chi connectivity index (χ0n) is 81.3.